The van der Waals surface area contributed by atoms with Crippen molar-refractivity contribution < 1.29 is 23.1 Å². The molecule has 3 atom stereocenters. The highest BCUT2D eigenvalue weighted by Crippen LogP contribution is 2.39. The van der Waals surface area contributed by atoms with Crippen LogP contribution in [0.1, 0.15) is 97.3 Å². The quantitative estimate of drug-likeness (QED) is 0.243. The van der Waals surface area contributed by atoms with E-state index in [9.17, 15) is 23.1 Å². The van der Waals surface area contributed by atoms with Crippen molar-refractivity contribution in [3.05, 3.63) is 88.2 Å². The van der Waals surface area contributed by atoms with Gasteiger partial charge in [-0.2, -0.15) is 18.3 Å². The molecule has 0 bridgehead atoms. The second-order valence-electron chi connectivity index (χ2n) is 14.2. The largest absolute Gasteiger partial charge is 0.480 e. The van der Waals surface area contributed by atoms with Gasteiger partial charge >= 0.3 is 12.1 Å². The van der Waals surface area contributed by atoms with Gasteiger partial charge in [0.15, 0.2) is 0 Å². The van der Waals surface area contributed by atoms with Crippen LogP contribution in [-0.2, 0) is 23.9 Å². The maximum atomic E-state index is 13.0. The molecule has 1 aliphatic carbocycles. The molecule has 1 saturated carbocycles. The zero-order valence-corrected chi connectivity index (χ0v) is 27.8. The number of halogens is 3. The van der Waals surface area contributed by atoms with Crippen molar-refractivity contribution in [1.82, 2.24) is 19.6 Å². The van der Waals surface area contributed by atoms with Crippen molar-refractivity contribution in [3.63, 3.8) is 0 Å². The molecule has 2 saturated heterocycles. The van der Waals surface area contributed by atoms with Gasteiger partial charge in [-0.3, -0.25) is 14.4 Å². The van der Waals surface area contributed by atoms with Crippen molar-refractivity contribution in [2.24, 2.45) is 11.8 Å². The molecule has 0 amide bonds. The van der Waals surface area contributed by atoms with Gasteiger partial charge in [-0.15, -0.1) is 0 Å². The number of benzene rings is 2. The number of carboxylic acid groups (broad SMARTS) is 1. The lowest BCUT2D eigenvalue weighted by molar-refractivity contribution is -0.145. The molecule has 0 radical (unpaired) electrons. The Kier molecular flexibility index (Phi) is 10.4. The molecule has 3 heterocycles. The van der Waals surface area contributed by atoms with E-state index in [4.69, 9.17) is 5.10 Å². The molecule has 1 aromatic heterocycles. The summed E-state index contributed by atoms with van der Waals surface area (Å²) in [6.07, 6.45) is 3.74. The molecule has 3 aromatic rings. The van der Waals surface area contributed by atoms with Gasteiger partial charge in [-0.05, 0) is 93.8 Å². The third kappa shape index (κ3) is 7.94. The smallest absolute Gasteiger partial charge is 0.416 e. The van der Waals surface area contributed by atoms with Crippen LogP contribution in [0.4, 0.5) is 13.2 Å². The molecule has 6 rings (SSSR count). The van der Waals surface area contributed by atoms with Crippen molar-refractivity contribution in [2.45, 2.75) is 95.8 Å². The molecule has 3 aliphatic rings. The van der Waals surface area contributed by atoms with E-state index in [1.54, 1.807) is 12.1 Å². The number of carboxylic acids is 1. The Bertz CT molecular complexity index is 1490. The summed E-state index contributed by atoms with van der Waals surface area (Å²) in [4.78, 5) is 17.5. The van der Waals surface area contributed by atoms with E-state index in [1.807, 2.05) is 0 Å². The Labute approximate surface area is 277 Å². The minimum atomic E-state index is -4.33. The van der Waals surface area contributed by atoms with Gasteiger partial charge in [0.1, 0.15) is 6.04 Å². The fourth-order valence-electron chi connectivity index (χ4n) is 8.62. The fourth-order valence-corrected chi connectivity index (χ4v) is 8.62. The highest BCUT2D eigenvalue weighted by atomic mass is 19.4. The minimum Gasteiger partial charge on any atom is -0.480 e. The Hall–Kier alpha value is -3.17. The maximum absolute atomic E-state index is 13.0. The van der Waals surface area contributed by atoms with Gasteiger partial charge in [0, 0.05) is 50.1 Å². The summed E-state index contributed by atoms with van der Waals surface area (Å²) in [5.41, 5.74) is 4.87. The molecule has 2 aliphatic heterocycles. The second kappa shape index (κ2) is 14.5. The zero-order valence-electron chi connectivity index (χ0n) is 27.8. The molecule has 0 spiro atoms. The number of aryl methyl sites for hydroxylation is 2. The third-order valence-electron chi connectivity index (χ3n) is 11.0. The minimum absolute atomic E-state index is 0.237. The summed E-state index contributed by atoms with van der Waals surface area (Å²) in [5, 5.41) is 15.2. The van der Waals surface area contributed by atoms with E-state index < -0.39 is 23.8 Å². The van der Waals surface area contributed by atoms with Crippen LogP contribution in [0, 0.1) is 18.8 Å². The Balaban J connectivity index is 1.11. The van der Waals surface area contributed by atoms with Gasteiger partial charge in [0.25, 0.3) is 0 Å². The first-order chi connectivity index (χ1) is 22.6. The van der Waals surface area contributed by atoms with E-state index in [1.165, 1.54) is 23.2 Å². The Morgan fingerprint density at radius 1 is 0.979 bits per heavy atom. The maximum Gasteiger partial charge on any atom is 0.416 e. The van der Waals surface area contributed by atoms with Crippen LogP contribution >= 0.6 is 0 Å². The van der Waals surface area contributed by atoms with Crippen molar-refractivity contribution in [3.8, 4) is 0 Å². The summed E-state index contributed by atoms with van der Waals surface area (Å²) >= 11 is 0. The van der Waals surface area contributed by atoms with E-state index in [-0.39, 0.29) is 5.92 Å². The number of hydrogen-bond donors (Lipinski definition) is 1. The first-order valence-corrected chi connectivity index (χ1v) is 17.6. The van der Waals surface area contributed by atoms with Crippen LogP contribution < -0.4 is 0 Å². The summed E-state index contributed by atoms with van der Waals surface area (Å²) in [6.45, 7) is 9.52. The van der Waals surface area contributed by atoms with Crippen LogP contribution in [0.25, 0.3) is 0 Å². The number of aliphatic carboxylic acids is 1. The molecular formula is C38H49F3N4O2. The number of hydrogen-bond acceptors (Lipinski definition) is 4. The van der Waals surface area contributed by atoms with Crippen LogP contribution in [0.2, 0.25) is 0 Å². The average molecular weight is 651 g/mol. The predicted octanol–water partition coefficient (Wildman–Crippen LogP) is 7.75. The summed E-state index contributed by atoms with van der Waals surface area (Å²) < 4.78 is 41.1. The normalized spacial score (nSPS) is 22.9. The lowest BCUT2D eigenvalue weighted by Gasteiger charge is -2.35. The van der Waals surface area contributed by atoms with Crippen LogP contribution in [0.5, 0.6) is 0 Å². The molecule has 2 aromatic carbocycles. The van der Waals surface area contributed by atoms with Crippen LogP contribution in [-0.4, -0.2) is 69.4 Å². The first kappa shape index (κ1) is 33.7. The van der Waals surface area contributed by atoms with Crippen LogP contribution in [0.3, 0.4) is 0 Å². The predicted molar refractivity (Wildman–Crippen MR) is 178 cm³/mol. The molecule has 3 fully saturated rings. The monoisotopic (exact) mass is 650 g/mol. The molecule has 47 heavy (non-hydrogen) atoms. The number of nitrogens with zero attached hydrogens (tertiary/aromatic N) is 4. The fraction of sp³-hybridized carbons (Fsp3) is 0.579. The van der Waals surface area contributed by atoms with Gasteiger partial charge in [0.2, 0.25) is 0 Å². The third-order valence-corrected chi connectivity index (χ3v) is 11.0. The number of alkyl halides is 3. The molecule has 0 unspecified atom stereocenters. The zero-order chi connectivity index (χ0) is 33.1. The topological polar surface area (TPSA) is 61.6 Å². The lowest BCUT2D eigenvalue weighted by Crippen LogP contribution is -2.46. The van der Waals surface area contributed by atoms with Gasteiger partial charge in [-0.1, -0.05) is 61.2 Å². The lowest BCUT2D eigenvalue weighted by atomic mass is 9.83. The Morgan fingerprint density at radius 3 is 2.34 bits per heavy atom. The van der Waals surface area contributed by atoms with E-state index in [0.717, 1.165) is 101 Å². The molecule has 6 nitrogen and oxygen atoms in total. The average Bonchev–Trinajstić information content (AvgIpc) is 3.65. The van der Waals surface area contributed by atoms with E-state index >= 15 is 0 Å². The van der Waals surface area contributed by atoms with Crippen molar-refractivity contribution in [2.75, 3.05) is 32.7 Å². The van der Waals surface area contributed by atoms with Crippen molar-refractivity contribution in [1.29, 1.82) is 0 Å². The number of likely N-dealkylation sites (tertiary alicyclic amines) is 2. The summed E-state index contributed by atoms with van der Waals surface area (Å²) in [5.74, 6) is 0.645. The molecule has 9 heteroatoms. The number of aromatic nitrogens is 2. The molecular weight excluding hydrogens is 601 g/mol. The SMILES string of the molecule is CCn1nc(Cc2ccc(C(F)(F)F)cc2)cc1C1CCN(C[C@H]2CN([C@@H](C(=O)O)C3CCCCC3)C[C@@H]2c2cccc(C)c2)CC1. The van der Waals surface area contributed by atoms with Gasteiger partial charge < -0.3 is 10.0 Å². The Morgan fingerprint density at radius 2 is 1.70 bits per heavy atom. The van der Waals surface area contributed by atoms with Crippen molar-refractivity contribution >= 4 is 5.97 Å². The highest BCUT2D eigenvalue weighted by molar-refractivity contribution is 5.74. The molecule has 254 valence electrons. The van der Waals surface area contributed by atoms with E-state index in [0.29, 0.717) is 24.2 Å². The number of carbonyl (C=O) groups is 1. The van der Waals surface area contributed by atoms with E-state index in [2.05, 4.69) is 58.7 Å². The van der Waals surface area contributed by atoms with Crippen LogP contribution in [0.15, 0.2) is 54.6 Å². The number of piperidine rings is 1. The summed E-state index contributed by atoms with van der Waals surface area (Å²) in [7, 11) is 0. The summed E-state index contributed by atoms with van der Waals surface area (Å²) in [6, 6.07) is 15.9. The first-order valence-electron chi connectivity index (χ1n) is 17.6. The van der Waals surface area contributed by atoms with Gasteiger partial charge in [0.05, 0.1) is 11.3 Å². The second-order valence-corrected chi connectivity index (χ2v) is 14.2. The molecule has 1 N–H and O–H groups in total. The number of rotatable bonds is 10. The standard InChI is InChI=1S/C38H49F3N4O2/c1-3-45-35(22-33(42-45)21-27-12-14-32(15-13-27)38(39,40)41)28-16-18-43(19-17-28)23-31-24-44(25-34(31)30-11-7-8-26(2)20-30)36(37(46)47)29-9-5-4-6-10-29/h7-8,11-15,20,22,28-29,31,34,36H,3-6,9-10,16-19,21,23-25H2,1-2H3,(H,46,47)/t31-,34+,36+/m0/s1. The highest BCUT2D eigenvalue weighted by Gasteiger charge is 2.43. The van der Waals surface area contributed by atoms with Gasteiger partial charge in [-0.25, -0.2) is 0 Å².